The summed E-state index contributed by atoms with van der Waals surface area (Å²) in [5, 5.41) is 47.0. The summed E-state index contributed by atoms with van der Waals surface area (Å²) in [4.78, 5) is 10.6. The smallest absolute Gasteiger partial charge is 0.335 e. The van der Waals surface area contributed by atoms with Crippen molar-refractivity contribution in [2.75, 3.05) is 0 Å². The fraction of sp³-hybridized carbons (Fsp3) is 0.850. The van der Waals surface area contributed by atoms with Gasteiger partial charge in [0.15, 0.2) is 6.10 Å². The molecule has 2 unspecified atom stereocenters. The number of aliphatic hydroxyl groups excluding tert-OH is 4. The minimum Gasteiger partial charge on any atom is -0.479 e. The van der Waals surface area contributed by atoms with Crippen LogP contribution in [0.3, 0.4) is 0 Å². The first-order valence-corrected chi connectivity index (χ1v) is 9.66. The van der Waals surface area contributed by atoms with Gasteiger partial charge in [0.25, 0.3) is 0 Å². The summed E-state index contributed by atoms with van der Waals surface area (Å²) in [5.41, 5.74) is 1.08. The Labute approximate surface area is 157 Å². The van der Waals surface area contributed by atoms with Gasteiger partial charge in [0.2, 0.25) is 0 Å². The topological polar surface area (TPSA) is 118 Å². The van der Waals surface area contributed by atoms with E-state index in [1.807, 2.05) is 6.92 Å². The first-order chi connectivity index (χ1) is 12.1. The van der Waals surface area contributed by atoms with Crippen LogP contribution in [0.2, 0.25) is 0 Å². The standard InChI is InChI=1S/C20H38O6/c1-13(2)7-5-8-14(3)9-6-10-15(4)11-12-16(21)17(22)18(23)19(24)20(25)26/h11,13-14,16-19,21-24H,5-10,12H2,1-4H3,(H,25,26)/t14?,16?,17-,18+,19-/m0/s1. The summed E-state index contributed by atoms with van der Waals surface area (Å²) in [5.74, 6) is -0.191. The van der Waals surface area contributed by atoms with Crippen molar-refractivity contribution in [3.05, 3.63) is 11.6 Å². The van der Waals surface area contributed by atoms with Crippen molar-refractivity contribution in [1.82, 2.24) is 0 Å². The van der Waals surface area contributed by atoms with Crippen molar-refractivity contribution in [2.45, 2.75) is 97.1 Å². The van der Waals surface area contributed by atoms with Crippen molar-refractivity contribution >= 4 is 5.97 Å². The van der Waals surface area contributed by atoms with E-state index in [1.165, 1.54) is 19.3 Å². The highest BCUT2D eigenvalue weighted by Gasteiger charge is 2.33. The van der Waals surface area contributed by atoms with Gasteiger partial charge in [0.1, 0.15) is 12.2 Å². The van der Waals surface area contributed by atoms with Gasteiger partial charge in [-0.1, -0.05) is 58.1 Å². The van der Waals surface area contributed by atoms with Crippen LogP contribution in [0.4, 0.5) is 0 Å². The second kappa shape index (κ2) is 13.3. The lowest BCUT2D eigenvalue weighted by Gasteiger charge is -2.24. The molecule has 0 aliphatic carbocycles. The van der Waals surface area contributed by atoms with Crippen LogP contribution in [0.25, 0.3) is 0 Å². The molecule has 0 fully saturated rings. The highest BCUT2D eigenvalue weighted by molar-refractivity contribution is 5.72. The molecule has 5 N–H and O–H groups in total. The number of carboxylic acids is 1. The Morgan fingerprint density at radius 1 is 0.923 bits per heavy atom. The molecule has 154 valence electrons. The van der Waals surface area contributed by atoms with Crippen LogP contribution in [0.5, 0.6) is 0 Å². The zero-order valence-electron chi connectivity index (χ0n) is 16.6. The lowest BCUT2D eigenvalue weighted by atomic mass is 9.94. The van der Waals surface area contributed by atoms with Crippen LogP contribution >= 0.6 is 0 Å². The Morgan fingerprint density at radius 3 is 2.04 bits per heavy atom. The molecule has 5 atom stereocenters. The number of aliphatic carboxylic acids is 1. The molecule has 0 spiro atoms. The zero-order chi connectivity index (χ0) is 20.3. The van der Waals surface area contributed by atoms with E-state index in [1.54, 1.807) is 6.08 Å². The molecule has 0 bridgehead atoms. The number of hydrogen-bond acceptors (Lipinski definition) is 5. The summed E-state index contributed by atoms with van der Waals surface area (Å²) in [6, 6.07) is 0. The first-order valence-electron chi connectivity index (χ1n) is 9.66. The fourth-order valence-electron chi connectivity index (χ4n) is 2.87. The predicted molar refractivity (Wildman–Crippen MR) is 102 cm³/mol. The first kappa shape index (κ1) is 25.1. The zero-order valence-corrected chi connectivity index (χ0v) is 16.6. The summed E-state index contributed by atoms with van der Waals surface area (Å²) < 4.78 is 0. The molecule has 0 aromatic carbocycles. The molecular formula is C20H38O6. The Hall–Kier alpha value is -0.950. The fourth-order valence-corrected chi connectivity index (χ4v) is 2.87. The number of carbonyl (C=O) groups is 1. The normalized spacial score (nSPS) is 18.4. The summed E-state index contributed by atoms with van der Waals surface area (Å²) in [6.45, 7) is 8.71. The molecule has 6 heteroatoms. The Bertz CT molecular complexity index is 421. The predicted octanol–water partition coefficient (Wildman–Crippen LogP) is 2.48. The van der Waals surface area contributed by atoms with Crippen molar-refractivity contribution in [3.63, 3.8) is 0 Å². The number of allylic oxidation sites excluding steroid dienone is 1. The lowest BCUT2D eigenvalue weighted by molar-refractivity contribution is -0.162. The molecule has 0 radical (unpaired) electrons. The van der Waals surface area contributed by atoms with Gasteiger partial charge in [-0.05, 0) is 38.0 Å². The second-order valence-electron chi connectivity index (χ2n) is 7.94. The number of rotatable bonds is 14. The van der Waals surface area contributed by atoms with Gasteiger partial charge < -0.3 is 25.5 Å². The monoisotopic (exact) mass is 374 g/mol. The maximum atomic E-state index is 10.6. The van der Waals surface area contributed by atoms with Crippen molar-refractivity contribution in [1.29, 1.82) is 0 Å². The van der Waals surface area contributed by atoms with Crippen LogP contribution in [0.15, 0.2) is 11.6 Å². The van der Waals surface area contributed by atoms with Gasteiger partial charge in [-0.3, -0.25) is 0 Å². The van der Waals surface area contributed by atoms with E-state index in [9.17, 15) is 25.2 Å². The van der Waals surface area contributed by atoms with Gasteiger partial charge >= 0.3 is 5.97 Å². The van der Waals surface area contributed by atoms with Crippen LogP contribution in [0, 0.1) is 11.8 Å². The summed E-state index contributed by atoms with van der Waals surface area (Å²) in [6.07, 6.45) is 1.68. The molecule has 0 amide bonds. The molecule has 0 aromatic heterocycles. The molecule has 26 heavy (non-hydrogen) atoms. The third-order valence-corrected chi connectivity index (χ3v) is 4.77. The largest absolute Gasteiger partial charge is 0.479 e. The lowest BCUT2D eigenvalue weighted by Crippen LogP contribution is -2.47. The van der Waals surface area contributed by atoms with E-state index in [2.05, 4.69) is 20.8 Å². The highest BCUT2D eigenvalue weighted by Crippen LogP contribution is 2.19. The third-order valence-electron chi connectivity index (χ3n) is 4.77. The Kier molecular flexibility index (Phi) is 12.8. The molecule has 0 saturated heterocycles. The second-order valence-corrected chi connectivity index (χ2v) is 7.94. The maximum Gasteiger partial charge on any atom is 0.335 e. The van der Waals surface area contributed by atoms with Gasteiger partial charge in [0, 0.05) is 0 Å². The molecule has 0 aliphatic rings. The van der Waals surface area contributed by atoms with Crippen molar-refractivity contribution in [3.8, 4) is 0 Å². The Balaban J connectivity index is 4.14. The molecular weight excluding hydrogens is 336 g/mol. The third kappa shape index (κ3) is 10.9. The number of carboxylic acid groups (broad SMARTS) is 1. The molecule has 0 aromatic rings. The average Bonchev–Trinajstić information content (AvgIpc) is 2.57. The summed E-state index contributed by atoms with van der Waals surface area (Å²) in [7, 11) is 0. The Morgan fingerprint density at radius 2 is 1.50 bits per heavy atom. The highest BCUT2D eigenvalue weighted by atomic mass is 16.4. The average molecular weight is 375 g/mol. The quantitative estimate of drug-likeness (QED) is 0.298. The van der Waals surface area contributed by atoms with Crippen LogP contribution < -0.4 is 0 Å². The van der Waals surface area contributed by atoms with E-state index >= 15 is 0 Å². The van der Waals surface area contributed by atoms with Gasteiger partial charge in [-0.15, -0.1) is 0 Å². The molecule has 0 rings (SSSR count). The minimum atomic E-state index is -2.12. The van der Waals surface area contributed by atoms with Crippen LogP contribution in [-0.2, 0) is 4.79 Å². The number of aliphatic hydroxyl groups is 4. The van der Waals surface area contributed by atoms with Crippen molar-refractivity contribution < 1.29 is 30.3 Å². The summed E-state index contributed by atoms with van der Waals surface area (Å²) >= 11 is 0. The van der Waals surface area contributed by atoms with Gasteiger partial charge in [-0.2, -0.15) is 0 Å². The van der Waals surface area contributed by atoms with E-state index in [0.717, 1.165) is 30.8 Å². The number of hydrogen-bond donors (Lipinski definition) is 5. The molecule has 0 heterocycles. The van der Waals surface area contributed by atoms with E-state index < -0.39 is 30.4 Å². The molecule has 0 saturated carbocycles. The van der Waals surface area contributed by atoms with Crippen LogP contribution in [0.1, 0.15) is 72.6 Å². The van der Waals surface area contributed by atoms with Gasteiger partial charge in [-0.25, -0.2) is 4.79 Å². The molecule has 6 nitrogen and oxygen atoms in total. The maximum absolute atomic E-state index is 10.6. The van der Waals surface area contributed by atoms with E-state index in [-0.39, 0.29) is 6.42 Å². The van der Waals surface area contributed by atoms with E-state index in [4.69, 9.17) is 5.11 Å². The van der Waals surface area contributed by atoms with E-state index in [0.29, 0.717) is 5.92 Å². The minimum absolute atomic E-state index is 0.0976. The van der Waals surface area contributed by atoms with Gasteiger partial charge in [0.05, 0.1) is 6.10 Å². The molecule has 0 aliphatic heterocycles. The van der Waals surface area contributed by atoms with Crippen molar-refractivity contribution in [2.24, 2.45) is 11.8 Å². The van der Waals surface area contributed by atoms with Crippen LogP contribution in [-0.4, -0.2) is 55.9 Å². The SMILES string of the molecule is CC(=CCC(O)[C@H](O)[C@@H](O)[C@H](O)C(=O)O)CCCC(C)CCCC(C)C.